The molecule has 0 saturated heterocycles. The van der Waals surface area contributed by atoms with Crippen LogP contribution in [0.4, 0.5) is 5.95 Å². The topological polar surface area (TPSA) is 80.0 Å². The van der Waals surface area contributed by atoms with Gasteiger partial charge in [-0.1, -0.05) is 0 Å². The van der Waals surface area contributed by atoms with Crippen LogP contribution in [0.25, 0.3) is 0 Å². The Morgan fingerprint density at radius 2 is 2.39 bits per heavy atom. The zero-order valence-electron chi connectivity index (χ0n) is 8.87. The smallest absolute Gasteiger partial charge is 0.352 e. The molecule has 0 radical (unpaired) electrons. The van der Waals surface area contributed by atoms with Gasteiger partial charge in [0.2, 0.25) is 5.95 Å². The third-order valence-corrected chi connectivity index (χ3v) is 4.22. The average Bonchev–Trinajstić information content (AvgIpc) is 2.95. The van der Waals surface area contributed by atoms with Crippen LogP contribution in [0.3, 0.4) is 0 Å². The molecule has 8 heteroatoms. The predicted octanol–water partition coefficient (Wildman–Crippen LogP) is 2.09. The number of carboxylic acids is 1. The number of carbonyl (C=O) groups is 1. The monoisotopic (exact) mass is 326 g/mol. The maximum absolute atomic E-state index is 11.1. The van der Waals surface area contributed by atoms with Crippen molar-refractivity contribution >= 4 is 39.2 Å². The molecule has 3 rings (SSSR count). The highest BCUT2D eigenvalue weighted by Crippen LogP contribution is 2.34. The normalized spacial score (nSPS) is 17.8. The lowest BCUT2D eigenvalue weighted by Gasteiger charge is -2.21. The molecule has 0 spiro atoms. The number of allylic oxidation sites excluding steroid dienone is 1. The summed E-state index contributed by atoms with van der Waals surface area (Å²) in [6.07, 6.45) is 3.03. The van der Waals surface area contributed by atoms with Gasteiger partial charge in [0.25, 0.3) is 0 Å². The molecule has 0 saturated carbocycles. The molecule has 92 valence electrons. The second-order valence-electron chi connectivity index (χ2n) is 3.63. The summed E-state index contributed by atoms with van der Waals surface area (Å²) in [5, 5.41) is 15.9. The maximum Gasteiger partial charge on any atom is 0.352 e. The van der Waals surface area contributed by atoms with Crippen molar-refractivity contribution in [3.05, 3.63) is 38.9 Å². The summed E-state index contributed by atoms with van der Waals surface area (Å²) in [6, 6.07) is 3.62. The van der Waals surface area contributed by atoms with E-state index in [1.165, 1.54) is 17.7 Å². The number of rotatable bonds is 2. The highest BCUT2D eigenvalue weighted by atomic mass is 79.9. The second-order valence-corrected chi connectivity index (χ2v) is 6.12. The van der Waals surface area contributed by atoms with Crippen molar-refractivity contribution in [1.82, 2.24) is 14.8 Å². The van der Waals surface area contributed by atoms with E-state index in [2.05, 4.69) is 31.3 Å². The van der Waals surface area contributed by atoms with Crippen LogP contribution in [0, 0.1) is 0 Å². The van der Waals surface area contributed by atoms with E-state index in [0.717, 1.165) is 8.66 Å². The first-order valence-corrected chi connectivity index (χ1v) is 6.63. The standard InChI is InChI=1S/C10H7BrN4O2S/c11-8-2-1-7(18-8)6-3-5(9(16)17)14-10-12-4-13-15(6)10/h1-4,6H,(H,16,17)(H,12,13,14)/t6-/m1/s1. The Kier molecular flexibility index (Phi) is 2.67. The molecule has 2 aromatic rings. The summed E-state index contributed by atoms with van der Waals surface area (Å²) in [6.45, 7) is 0. The molecule has 6 nitrogen and oxygen atoms in total. The van der Waals surface area contributed by atoms with Crippen LogP contribution in [0.1, 0.15) is 10.9 Å². The molecule has 1 aliphatic rings. The van der Waals surface area contributed by atoms with Crippen LogP contribution >= 0.6 is 27.3 Å². The lowest BCUT2D eigenvalue weighted by atomic mass is 10.2. The van der Waals surface area contributed by atoms with E-state index >= 15 is 0 Å². The van der Waals surface area contributed by atoms with Crippen molar-refractivity contribution in [2.24, 2.45) is 0 Å². The molecular formula is C10H7BrN4O2S. The Morgan fingerprint density at radius 1 is 1.56 bits per heavy atom. The van der Waals surface area contributed by atoms with Crippen LogP contribution < -0.4 is 5.32 Å². The number of hydrogen-bond acceptors (Lipinski definition) is 5. The summed E-state index contributed by atoms with van der Waals surface area (Å²) in [7, 11) is 0. The highest BCUT2D eigenvalue weighted by molar-refractivity contribution is 9.11. The van der Waals surface area contributed by atoms with Crippen molar-refractivity contribution in [2.45, 2.75) is 6.04 Å². The summed E-state index contributed by atoms with van der Waals surface area (Å²) >= 11 is 4.93. The molecule has 0 fully saturated rings. The van der Waals surface area contributed by atoms with Gasteiger partial charge in [-0.05, 0) is 34.1 Å². The van der Waals surface area contributed by atoms with E-state index in [1.807, 2.05) is 12.1 Å². The summed E-state index contributed by atoms with van der Waals surface area (Å²) < 4.78 is 2.65. The molecule has 3 heterocycles. The number of carboxylic acid groups (broad SMARTS) is 1. The number of aliphatic carboxylic acids is 1. The lowest BCUT2D eigenvalue weighted by molar-refractivity contribution is -0.132. The van der Waals surface area contributed by atoms with Crippen molar-refractivity contribution in [3.8, 4) is 0 Å². The van der Waals surface area contributed by atoms with Gasteiger partial charge in [-0.2, -0.15) is 10.1 Å². The molecule has 0 bridgehead atoms. The number of hydrogen-bond donors (Lipinski definition) is 2. The fourth-order valence-corrected chi connectivity index (χ4v) is 3.23. The van der Waals surface area contributed by atoms with Crippen molar-refractivity contribution in [2.75, 3.05) is 5.32 Å². The molecular weight excluding hydrogens is 320 g/mol. The quantitative estimate of drug-likeness (QED) is 0.883. The lowest BCUT2D eigenvalue weighted by Crippen LogP contribution is -2.23. The van der Waals surface area contributed by atoms with Crippen LogP contribution in [0.2, 0.25) is 0 Å². The Hall–Kier alpha value is -1.67. The molecule has 1 atom stereocenters. The number of anilines is 1. The highest BCUT2D eigenvalue weighted by Gasteiger charge is 2.26. The second kappa shape index (κ2) is 4.21. The number of nitrogens with zero attached hydrogens (tertiary/aromatic N) is 3. The minimum absolute atomic E-state index is 0.116. The molecule has 2 N–H and O–H groups in total. The minimum Gasteiger partial charge on any atom is -0.477 e. The van der Waals surface area contributed by atoms with Gasteiger partial charge in [0.1, 0.15) is 18.1 Å². The first-order chi connectivity index (χ1) is 8.65. The van der Waals surface area contributed by atoms with Crippen LogP contribution in [0.5, 0.6) is 0 Å². The van der Waals surface area contributed by atoms with Gasteiger partial charge in [-0.3, -0.25) is 0 Å². The molecule has 0 aliphatic carbocycles. The molecule has 2 aromatic heterocycles. The number of aromatic nitrogens is 3. The maximum atomic E-state index is 11.1. The third-order valence-electron chi connectivity index (χ3n) is 2.52. The minimum atomic E-state index is -1.01. The van der Waals surface area contributed by atoms with Crippen LogP contribution in [-0.2, 0) is 4.79 Å². The fraction of sp³-hybridized carbons (Fsp3) is 0.100. The first-order valence-electron chi connectivity index (χ1n) is 5.02. The Bertz CT molecular complexity index is 648. The zero-order valence-corrected chi connectivity index (χ0v) is 11.3. The number of thiophene rings is 1. The van der Waals surface area contributed by atoms with Crippen LogP contribution in [-0.4, -0.2) is 25.8 Å². The van der Waals surface area contributed by atoms with Gasteiger partial charge in [-0.15, -0.1) is 11.3 Å². The zero-order chi connectivity index (χ0) is 12.7. The van der Waals surface area contributed by atoms with Gasteiger partial charge in [0, 0.05) is 4.88 Å². The number of halogens is 1. The van der Waals surface area contributed by atoms with Gasteiger partial charge in [0.05, 0.1) is 3.79 Å². The van der Waals surface area contributed by atoms with Crippen molar-refractivity contribution < 1.29 is 9.90 Å². The molecule has 18 heavy (non-hydrogen) atoms. The van der Waals surface area contributed by atoms with Gasteiger partial charge in [-0.25, -0.2) is 9.48 Å². The largest absolute Gasteiger partial charge is 0.477 e. The van der Waals surface area contributed by atoms with Gasteiger partial charge in [0.15, 0.2) is 0 Å². The molecule has 0 amide bonds. The van der Waals surface area contributed by atoms with Gasteiger partial charge < -0.3 is 10.4 Å². The number of fused-ring (bicyclic) bond motifs is 1. The average molecular weight is 327 g/mol. The third kappa shape index (κ3) is 1.83. The molecule has 1 aliphatic heterocycles. The van der Waals surface area contributed by atoms with E-state index in [4.69, 9.17) is 5.11 Å². The van der Waals surface area contributed by atoms with E-state index in [9.17, 15) is 4.79 Å². The van der Waals surface area contributed by atoms with Crippen LogP contribution in [0.15, 0.2) is 34.0 Å². The van der Waals surface area contributed by atoms with Crippen molar-refractivity contribution in [3.63, 3.8) is 0 Å². The first kappa shape index (κ1) is 11.4. The van der Waals surface area contributed by atoms with Gasteiger partial charge >= 0.3 is 5.97 Å². The Morgan fingerprint density at radius 3 is 3.06 bits per heavy atom. The predicted molar refractivity (Wildman–Crippen MR) is 69.5 cm³/mol. The summed E-state index contributed by atoms with van der Waals surface area (Å²) in [5.74, 6) is -0.575. The van der Waals surface area contributed by atoms with E-state index < -0.39 is 5.97 Å². The van der Waals surface area contributed by atoms with Crippen molar-refractivity contribution in [1.29, 1.82) is 0 Å². The summed E-state index contributed by atoms with van der Waals surface area (Å²) in [5.41, 5.74) is 0.116. The fourth-order valence-electron chi connectivity index (χ4n) is 1.75. The van der Waals surface area contributed by atoms with E-state index in [1.54, 1.807) is 10.8 Å². The SMILES string of the molecule is O=C(O)C1=C[C@H](c2ccc(Br)s2)n2ncnc2N1. The Labute approximate surface area is 114 Å². The molecule has 0 aromatic carbocycles. The van der Waals surface area contributed by atoms with E-state index in [0.29, 0.717) is 5.95 Å². The Balaban J connectivity index is 2.10. The number of nitrogens with one attached hydrogen (secondary N) is 1. The summed E-state index contributed by atoms with van der Waals surface area (Å²) in [4.78, 5) is 16.1. The van der Waals surface area contributed by atoms with E-state index in [-0.39, 0.29) is 11.7 Å². The molecule has 0 unspecified atom stereocenters.